The minimum atomic E-state index is -0.225. The second-order valence-electron chi connectivity index (χ2n) is 9.71. The topological polar surface area (TPSA) is 67.2 Å². The first-order chi connectivity index (χ1) is 16.2. The highest BCUT2D eigenvalue weighted by Crippen LogP contribution is 2.27. The third-order valence-electron chi connectivity index (χ3n) is 5.74. The number of nitrogens with zero attached hydrogens (tertiary/aromatic N) is 3. The third kappa shape index (κ3) is 6.56. The zero-order valence-corrected chi connectivity index (χ0v) is 21.0. The lowest BCUT2D eigenvalue weighted by Gasteiger charge is -2.22. The predicted octanol–water partition coefficient (Wildman–Crippen LogP) is 5.29. The molecule has 6 heteroatoms. The molecule has 0 fully saturated rings. The van der Waals surface area contributed by atoms with Crippen LogP contribution < -0.4 is 5.32 Å². The fourth-order valence-electron chi connectivity index (χ4n) is 3.79. The number of benzene rings is 2. The summed E-state index contributed by atoms with van der Waals surface area (Å²) in [7, 11) is 0. The van der Waals surface area contributed by atoms with Crippen molar-refractivity contribution in [2.75, 3.05) is 18.4 Å². The predicted molar refractivity (Wildman–Crippen MR) is 137 cm³/mol. The number of anilines is 1. The minimum Gasteiger partial charge on any atom is -0.333 e. The number of aryl methyl sites for hydroxylation is 2. The molecule has 0 aliphatic carbocycles. The number of nitrogens with one attached hydrogen (secondary N) is 1. The van der Waals surface area contributed by atoms with Gasteiger partial charge in [-0.25, -0.2) is 4.68 Å². The fourth-order valence-corrected chi connectivity index (χ4v) is 3.79. The van der Waals surface area contributed by atoms with E-state index >= 15 is 0 Å². The highest BCUT2D eigenvalue weighted by Gasteiger charge is 2.23. The van der Waals surface area contributed by atoms with Crippen molar-refractivity contribution >= 4 is 17.6 Å². The second-order valence-corrected chi connectivity index (χ2v) is 9.71. The summed E-state index contributed by atoms with van der Waals surface area (Å²) in [5.41, 5.74) is 3.81. The van der Waals surface area contributed by atoms with Crippen molar-refractivity contribution in [3.05, 3.63) is 77.5 Å². The average Bonchev–Trinajstić information content (AvgIpc) is 3.22. The van der Waals surface area contributed by atoms with E-state index in [9.17, 15) is 9.59 Å². The van der Waals surface area contributed by atoms with Crippen LogP contribution in [0.15, 0.2) is 60.7 Å². The van der Waals surface area contributed by atoms with Crippen molar-refractivity contribution < 1.29 is 9.59 Å². The van der Waals surface area contributed by atoms with Crippen molar-refractivity contribution in [1.29, 1.82) is 0 Å². The van der Waals surface area contributed by atoms with Crippen molar-refractivity contribution in [3.63, 3.8) is 0 Å². The van der Waals surface area contributed by atoms with Crippen LogP contribution in [0.3, 0.4) is 0 Å². The Labute approximate surface area is 203 Å². The SMILES string of the molecule is CCCN(CC(=O)Nc1cc(C(C)(C)C)nn1-c1ccccc1C)C(=O)CCc1ccccc1. The van der Waals surface area contributed by atoms with E-state index in [1.165, 1.54) is 0 Å². The molecule has 2 amide bonds. The zero-order valence-electron chi connectivity index (χ0n) is 21.0. The Bertz CT molecular complexity index is 1110. The van der Waals surface area contributed by atoms with Crippen molar-refractivity contribution in [2.24, 2.45) is 0 Å². The van der Waals surface area contributed by atoms with E-state index in [1.54, 1.807) is 9.58 Å². The Morgan fingerprint density at radius 2 is 1.71 bits per heavy atom. The van der Waals surface area contributed by atoms with Gasteiger partial charge in [-0.1, -0.05) is 76.2 Å². The molecule has 0 saturated heterocycles. The summed E-state index contributed by atoms with van der Waals surface area (Å²) in [5, 5.41) is 7.81. The molecule has 0 radical (unpaired) electrons. The van der Waals surface area contributed by atoms with Gasteiger partial charge in [0, 0.05) is 24.4 Å². The van der Waals surface area contributed by atoms with Crippen LogP contribution in [0.1, 0.15) is 57.4 Å². The standard InChI is InChI=1S/C28H36N4O2/c1-6-18-31(27(34)17-16-22-13-8-7-9-14-22)20-26(33)29-25-19-24(28(3,4)5)30-32(25)23-15-11-10-12-21(23)2/h7-15,19H,6,16-18,20H2,1-5H3,(H,29,33). The largest absolute Gasteiger partial charge is 0.333 e. The summed E-state index contributed by atoms with van der Waals surface area (Å²) >= 11 is 0. The summed E-state index contributed by atoms with van der Waals surface area (Å²) in [6.07, 6.45) is 1.84. The van der Waals surface area contributed by atoms with Crippen molar-refractivity contribution in [2.45, 2.75) is 59.3 Å². The van der Waals surface area contributed by atoms with Crippen molar-refractivity contribution in [1.82, 2.24) is 14.7 Å². The van der Waals surface area contributed by atoms with E-state index in [-0.39, 0.29) is 23.8 Å². The maximum atomic E-state index is 13.1. The first-order valence-electron chi connectivity index (χ1n) is 12.0. The Morgan fingerprint density at radius 3 is 2.35 bits per heavy atom. The molecular weight excluding hydrogens is 424 g/mol. The maximum Gasteiger partial charge on any atom is 0.245 e. The molecule has 0 atom stereocenters. The highest BCUT2D eigenvalue weighted by molar-refractivity contribution is 5.94. The lowest BCUT2D eigenvalue weighted by molar-refractivity contribution is -0.134. The van der Waals surface area contributed by atoms with Crippen LogP contribution in [-0.4, -0.2) is 39.6 Å². The molecule has 0 unspecified atom stereocenters. The second kappa shape index (κ2) is 11.1. The number of carbonyl (C=O) groups is 2. The number of hydrogen-bond donors (Lipinski definition) is 1. The zero-order chi connectivity index (χ0) is 24.7. The van der Waals surface area contributed by atoms with Crippen LogP contribution in [0, 0.1) is 6.92 Å². The number of hydrogen-bond acceptors (Lipinski definition) is 3. The first-order valence-corrected chi connectivity index (χ1v) is 12.0. The van der Waals surface area contributed by atoms with Gasteiger partial charge in [-0.2, -0.15) is 5.10 Å². The summed E-state index contributed by atoms with van der Waals surface area (Å²) in [6.45, 7) is 10.9. The highest BCUT2D eigenvalue weighted by atomic mass is 16.2. The molecule has 180 valence electrons. The van der Waals surface area contributed by atoms with Gasteiger partial charge in [-0.15, -0.1) is 0 Å². The van der Waals surface area contributed by atoms with E-state index in [2.05, 4.69) is 26.1 Å². The van der Waals surface area contributed by atoms with E-state index in [0.29, 0.717) is 25.2 Å². The molecule has 0 aliphatic heterocycles. The number of rotatable bonds is 9. The van der Waals surface area contributed by atoms with Crippen LogP contribution in [0.5, 0.6) is 0 Å². The fraction of sp³-hybridized carbons (Fsp3) is 0.393. The molecular formula is C28H36N4O2. The quantitative estimate of drug-likeness (QED) is 0.472. The third-order valence-corrected chi connectivity index (χ3v) is 5.74. The van der Waals surface area contributed by atoms with Gasteiger partial charge in [0.15, 0.2) is 0 Å². The van der Waals surface area contributed by atoms with Gasteiger partial charge in [-0.05, 0) is 37.0 Å². The average molecular weight is 461 g/mol. The summed E-state index contributed by atoms with van der Waals surface area (Å²) in [4.78, 5) is 27.6. The van der Waals surface area contributed by atoms with Crippen LogP contribution in [0.25, 0.3) is 5.69 Å². The van der Waals surface area contributed by atoms with Crippen LogP contribution in [0.4, 0.5) is 5.82 Å². The van der Waals surface area contributed by atoms with E-state index < -0.39 is 0 Å². The molecule has 3 rings (SSSR count). The van der Waals surface area contributed by atoms with Crippen LogP contribution in [0.2, 0.25) is 0 Å². The van der Waals surface area contributed by atoms with Gasteiger partial charge in [0.2, 0.25) is 11.8 Å². The Morgan fingerprint density at radius 1 is 1.03 bits per heavy atom. The number of carbonyl (C=O) groups excluding carboxylic acids is 2. The Hall–Kier alpha value is -3.41. The molecule has 0 bridgehead atoms. The molecule has 1 N–H and O–H groups in total. The normalized spacial score (nSPS) is 11.3. The number of aromatic nitrogens is 2. The van der Waals surface area contributed by atoms with E-state index in [0.717, 1.165) is 28.9 Å². The number of amides is 2. The van der Waals surface area contributed by atoms with Crippen molar-refractivity contribution in [3.8, 4) is 5.69 Å². The number of para-hydroxylation sites is 1. The molecule has 2 aromatic carbocycles. The van der Waals surface area contributed by atoms with E-state index in [1.807, 2.05) is 74.5 Å². The molecule has 34 heavy (non-hydrogen) atoms. The Kier molecular flexibility index (Phi) is 8.26. The van der Waals surface area contributed by atoms with Gasteiger partial charge >= 0.3 is 0 Å². The lowest BCUT2D eigenvalue weighted by Crippen LogP contribution is -2.38. The molecule has 6 nitrogen and oxygen atoms in total. The minimum absolute atomic E-state index is 0.0105. The molecule has 0 saturated carbocycles. The first kappa shape index (κ1) is 25.2. The van der Waals surface area contributed by atoms with Gasteiger partial charge < -0.3 is 10.2 Å². The molecule has 0 spiro atoms. The summed E-state index contributed by atoms with van der Waals surface area (Å²) < 4.78 is 1.79. The molecule has 1 aromatic heterocycles. The van der Waals surface area contributed by atoms with Gasteiger partial charge in [0.25, 0.3) is 0 Å². The monoisotopic (exact) mass is 460 g/mol. The van der Waals surface area contributed by atoms with Gasteiger partial charge in [0.05, 0.1) is 17.9 Å². The smallest absolute Gasteiger partial charge is 0.245 e. The van der Waals surface area contributed by atoms with Gasteiger partial charge in [0.1, 0.15) is 5.82 Å². The van der Waals surface area contributed by atoms with Crippen LogP contribution in [-0.2, 0) is 21.4 Å². The maximum absolute atomic E-state index is 13.1. The molecule has 0 aliphatic rings. The lowest BCUT2D eigenvalue weighted by atomic mass is 9.92. The van der Waals surface area contributed by atoms with Crippen LogP contribution >= 0.6 is 0 Å². The molecule has 1 heterocycles. The summed E-state index contributed by atoms with van der Waals surface area (Å²) in [5.74, 6) is 0.373. The van der Waals surface area contributed by atoms with Gasteiger partial charge in [-0.3, -0.25) is 9.59 Å². The molecule has 3 aromatic rings. The van der Waals surface area contributed by atoms with E-state index in [4.69, 9.17) is 5.10 Å². The summed E-state index contributed by atoms with van der Waals surface area (Å²) in [6, 6.07) is 19.8. The Balaban J connectivity index is 1.76.